The maximum absolute atomic E-state index is 12.7. The lowest BCUT2D eigenvalue weighted by molar-refractivity contribution is -0.126. The lowest BCUT2D eigenvalue weighted by atomic mass is 9.98. The Morgan fingerprint density at radius 2 is 1.91 bits per heavy atom. The standard InChI is InChI=1S/C15H29N3O4S/c1-13(2)5-6-16-15(19)14-4-3-7-18(12-14)23(20,21)17-8-10-22-11-9-17/h13-14H,3-12H2,1-2H3,(H,16,19). The van der Waals surface area contributed by atoms with Gasteiger partial charge < -0.3 is 10.1 Å². The third-order valence-electron chi connectivity index (χ3n) is 4.40. The molecule has 0 aromatic rings. The number of ether oxygens (including phenoxy) is 1. The van der Waals surface area contributed by atoms with Gasteiger partial charge in [-0.05, 0) is 25.2 Å². The van der Waals surface area contributed by atoms with Crippen molar-refractivity contribution in [1.82, 2.24) is 13.9 Å². The largest absolute Gasteiger partial charge is 0.379 e. The van der Waals surface area contributed by atoms with Crippen LogP contribution in [0, 0.1) is 11.8 Å². The Kier molecular flexibility index (Phi) is 6.82. The van der Waals surface area contributed by atoms with Crippen molar-refractivity contribution < 1.29 is 17.9 Å². The molecule has 0 bridgehead atoms. The first-order valence-corrected chi connectivity index (χ1v) is 9.91. The summed E-state index contributed by atoms with van der Waals surface area (Å²) in [7, 11) is -3.48. The molecule has 1 unspecified atom stereocenters. The first-order chi connectivity index (χ1) is 10.9. The third kappa shape index (κ3) is 5.14. The Hall–Kier alpha value is -0.700. The Morgan fingerprint density at radius 3 is 2.57 bits per heavy atom. The normalized spacial score (nSPS) is 24.7. The van der Waals surface area contributed by atoms with Crippen molar-refractivity contribution in [3.63, 3.8) is 0 Å². The predicted molar refractivity (Wildman–Crippen MR) is 88.1 cm³/mol. The van der Waals surface area contributed by atoms with Gasteiger partial charge in [-0.3, -0.25) is 4.79 Å². The van der Waals surface area contributed by atoms with Crippen LogP contribution in [0.2, 0.25) is 0 Å². The number of amides is 1. The minimum atomic E-state index is -3.48. The number of hydrogen-bond donors (Lipinski definition) is 1. The topological polar surface area (TPSA) is 79.0 Å². The summed E-state index contributed by atoms with van der Waals surface area (Å²) in [5.74, 6) is 0.277. The summed E-state index contributed by atoms with van der Waals surface area (Å²) in [4.78, 5) is 12.3. The first kappa shape index (κ1) is 18.6. The second-order valence-corrected chi connectivity index (χ2v) is 8.62. The van der Waals surface area contributed by atoms with Gasteiger partial charge in [-0.25, -0.2) is 0 Å². The van der Waals surface area contributed by atoms with E-state index in [-0.39, 0.29) is 18.4 Å². The van der Waals surface area contributed by atoms with Gasteiger partial charge in [0.25, 0.3) is 10.2 Å². The van der Waals surface area contributed by atoms with Crippen LogP contribution in [0.15, 0.2) is 0 Å². The molecule has 2 saturated heterocycles. The van der Waals surface area contributed by atoms with E-state index >= 15 is 0 Å². The second kappa shape index (κ2) is 8.41. The summed E-state index contributed by atoms with van der Waals surface area (Å²) in [6.07, 6.45) is 2.42. The molecular formula is C15H29N3O4S. The number of morpholine rings is 1. The number of rotatable bonds is 6. The summed E-state index contributed by atoms with van der Waals surface area (Å²) in [6.45, 7) is 7.32. The van der Waals surface area contributed by atoms with Gasteiger partial charge in [0.05, 0.1) is 19.1 Å². The summed E-state index contributed by atoms with van der Waals surface area (Å²) >= 11 is 0. The zero-order valence-electron chi connectivity index (χ0n) is 14.2. The Bertz CT molecular complexity index is 489. The number of carbonyl (C=O) groups excluding carboxylic acids is 1. The number of hydrogen-bond acceptors (Lipinski definition) is 4. The van der Waals surface area contributed by atoms with E-state index in [1.165, 1.54) is 8.61 Å². The highest BCUT2D eigenvalue weighted by Gasteiger charge is 2.36. The van der Waals surface area contributed by atoms with Crippen molar-refractivity contribution in [2.24, 2.45) is 11.8 Å². The number of nitrogens with one attached hydrogen (secondary N) is 1. The van der Waals surface area contributed by atoms with Crippen LogP contribution < -0.4 is 5.32 Å². The van der Waals surface area contributed by atoms with Crippen LogP contribution in [-0.4, -0.2) is 68.9 Å². The van der Waals surface area contributed by atoms with Gasteiger partial charge in [0.2, 0.25) is 5.91 Å². The van der Waals surface area contributed by atoms with Crippen LogP contribution in [0.3, 0.4) is 0 Å². The van der Waals surface area contributed by atoms with E-state index in [2.05, 4.69) is 19.2 Å². The SMILES string of the molecule is CC(C)CCNC(=O)C1CCCN(S(=O)(=O)N2CCOCC2)C1. The minimum Gasteiger partial charge on any atom is -0.379 e. The zero-order valence-corrected chi connectivity index (χ0v) is 15.0. The molecule has 2 heterocycles. The smallest absolute Gasteiger partial charge is 0.282 e. The number of carbonyl (C=O) groups is 1. The van der Waals surface area contributed by atoms with Gasteiger partial charge in [-0.2, -0.15) is 17.0 Å². The molecule has 0 saturated carbocycles. The van der Waals surface area contributed by atoms with Crippen LogP contribution >= 0.6 is 0 Å². The molecule has 7 nitrogen and oxygen atoms in total. The molecule has 2 aliphatic rings. The van der Waals surface area contributed by atoms with E-state index < -0.39 is 10.2 Å². The molecule has 0 aromatic carbocycles. The highest BCUT2D eigenvalue weighted by atomic mass is 32.2. The lowest BCUT2D eigenvalue weighted by Crippen LogP contribution is -2.53. The van der Waals surface area contributed by atoms with Gasteiger partial charge in [0, 0.05) is 32.7 Å². The van der Waals surface area contributed by atoms with E-state index in [4.69, 9.17) is 4.74 Å². The molecule has 0 aliphatic carbocycles. The summed E-state index contributed by atoms with van der Waals surface area (Å²) in [5, 5.41) is 2.94. The molecule has 0 spiro atoms. The maximum Gasteiger partial charge on any atom is 0.282 e. The van der Waals surface area contributed by atoms with Gasteiger partial charge >= 0.3 is 0 Å². The molecule has 2 fully saturated rings. The predicted octanol–water partition coefficient (Wildman–Crippen LogP) is 0.438. The summed E-state index contributed by atoms with van der Waals surface area (Å²) < 4.78 is 33.5. The van der Waals surface area contributed by atoms with Crippen LogP contribution in [0.1, 0.15) is 33.1 Å². The lowest BCUT2D eigenvalue weighted by Gasteiger charge is -2.36. The fourth-order valence-electron chi connectivity index (χ4n) is 2.93. The number of piperidine rings is 1. The maximum atomic E-state index is 12.7. The van der Waals surface area contributed by atoms with E-state index in [1.807, 2.05) is 0 Å². The Morgan fingerprint density at radius 1 is 1.22 bits per heavy atom. The molecule has 134 valence electrons. The van der Waals surface area contributed by atoms with Gasteiger partial charge in [0.1, 0.15) is 0 Å². The third-order valence-corrected chi connectivity index (χ3v) is 6.40. The van der Waals surface area contributed by atoms with E-state index in [1.54, 1.807) is 0 Å². The molecular weight excluding hydrogens is 318 g/mol. The quantitative estimate of drug-likeness (QED) is 0.756. The van der Waals surface area contributed by atoms with Crippen molar-refractivity contribution in [3.8, 4) is 0 Å². The molecule has 8 heteroatoms. The zero-order chi connectivity index (χ0) is 16.9. The van der Waals surface area contributed by atoms with Crippen molar-refractivity contribution >= 4 is 16.1 Å². The highest BCUT2D eigenvalue weighted by molar-refractivity contribution is 7.86. The van der Waals surface area contributed by atoms with Gasteiger partial charge in [-0.1, -0.05) is 13.8 Å². The second-order valence-electron chi connectivity index (χ2n) is 6.69. The van der Waals surface area contributed by atoms with Gasteiger partial charge in [-0.15, -0.1) is 0 Å². The van der Waals surface area contributed by atoms with E-state index in [0.29, 0.717) is 45.3 Å². The average molecular weight is 347 g/mol. The fourth-order valence-corrected chi connectivity index (χ4v) is 4.60. The molecule has 1 N–H and O–H groups in total. The first-order valence-electron chi connectivity index (χ1n) is 8.52. The van der Waals surface area contributed by atoms with Crippen LogP contribution in [-0.2, 0) is 19.7 Å². The minimum absolute atomic E-state index is 0.0208. The monoisotopic (exact) mass is 347 g/mol. The fraction of sp³-hybridized carbons (Fsp3) is 0.933. The number of nitrogens with zero attached hydrogens (tertiary/aromatic N) is 2. The molecule has 0 aromatic heterocycles. The summed E-state index contributed by atoms with van der Waals surface area (Å²) in [5.41, 5.74) is 0. The molecule has 0 radical (unpaired) electrons. The van der Waals surface area contributed by atoms with E-state index in [0.717, 1.165) is 19.3 Å². The molecule has 1 amide bonds. The Balaban J connectivity index is 1.90. The van der Waals surface area contributed by atoms with Crippen molar-refractivity contribution in [1.29, 1.82) is 0 Å². The average Bonchev–Trinajstić information content (AvgIpc) is 2.55. The van der Waals surface area contributed by atoms with Crippen LogP contribution in [0.25, 0.3) is 0 Å². The van der Waals surface area contributed by atoms with Crippen LogP contribution in [0.5, 0.6) is 0 Å². The summed E-state index contributed by atoms with van der Waals surface area (Å²) in [6, 6.07) is 0. The van der Waals surface area contributed by atoms with Crippen molar-refractivity contribution in [2.45, 2.75) is 33.1 Å². The Labute approximate surface area is 139 Å². The van der Waals surface area contributed by atoms with Crippen molar-refractivity contribution in [2.75, 3.05) is 45.9 Å². The van der Waals surface area contributed by atoms with E-state index in [9.17, 15) is 13.2 Å². The van der Waals surface area contributed by atoms with Gasteiger partial charge in [0.15, 0.2) is 0 Å². The van der Waals surface area contributed by atoms with Crippen molar-refractivity contribution in [3.05, 3.63) is 0 Å². The molecule has 23 heavy (non-hydrogen) atoms. The highest BCUT2D eigenvalue weighted by Crippen LogP contribution is 2.22. The molecule has 2 aliphatic heterocycles. The van der Waals surface area contributed by atoms with Crippen LogP contribution in [0.4, 0.5) is 0 Å². The molecule has 2 rings (SSSR count). The molecule has 1 atom stereocenters.